The summed E-state index contributed by atoms with van der Waals surface area (Å²) in [7, 11) is -4.17. The lowest BCUT2D eigenvalue weighted by molar-refractivity contribution is -0.140. The van der Waals surface area contributed by atoms with Gasteiger partial charge in [0.25, 0.3) is 10.0 Å². The van der Waals surface area contributed by atoms with Gasteiger partial charge in [0.1, 0.15) is 12.6 Å². The molecule has 4 aromatic carbocycles. The van der Waals surface area contributed by atoms with E-state index in [0.29, 0.717) is 28.3 Å². The first-order valence-corrected chi connectivity index (χ1v) is 16.8. The minimum Gasteiger partial charge on any atom is -0.352 e. The molecule has 0 aromatic heterocycles. The van der Waals surface area contributed by atoms with E-state index in [4.69, 9.17) is 11.6 Å². The number of hydrogen-bond donors (Lipinski definition) is 1. The van der Waals surface area contributed by atoms with Crippen LogP contribution in [0.5, 0.6) is 0 Å². The van der Waals surface area contributed by atoms with Crippen LogP contribution in [0.3, 0.4) is 0 Å². The standard InChI is InChI=1S/C36H40ClN3O4S/c1-5-28(4)38-36(42)34(23-29-13-7-6-8-14-29)39(24-30-15-11-16-31(37)22-30)35(41)25-40(33-17-10-9-12-27(33)3)45(43,44)32-20-18-26(2)19-21-32/h6-22,28,34H,5,23-25H2,1-4H3,(H,38,42). The van der Waals surface area contributed by atoms with Gasteiger partial charge in [0, 0.05) is 24.0 Å². The van der Waals surface area contributed by atoms with Crippen molar-refractivity contribution in [2.24, 2.45) is 0 Å². The molecule has 2 amide bonds. The number of anilines is 1. The van der Waals surface area contributed by atoms with Crippen molar-refractivity contribution < 1.29 is 18.0 Å². The number of hydrogen-bond acceptors (Lipinski definition) is 4. The summed E-state index contributed by atoms with van der Waals surface area (Å²) < 4.78 is 29.5. The molecule has 0 fully saturated rings. The predicted molar refractivity (Wildman–Crippen MR) is 181 cm³/mol. The highest BCUT2D eigenvalue weighted by Gasteiger charge is 2.35. The number of carbonyl (C=O) groups is 2. The van der Waals surface area contributed by atoms with Crippen molar-refractivity contribution >= 4 is 39.1 Å². The Morgan fingerprint density at radius 3 is 2.13 bits per heavy atom. The first-order chi connectivity index (χ1) is 21.5. The summed E-state index contributed by atoms with van der Waals surface area (Å²) >= 11 is 6.32. The smallest absolute Gasteiger partial charge is 0.264 e. The molecular formula is C36H40ClN3O4S. The Kier molecular flexibility index (Phi) is 11.4. The third-order valence-corrected chi connectivity index (χ3v) is 9.80. The zero-order chi connectivity index (χ0) is 32.6. The van der Waals surface area contributed by atoms with Gasteiger partial charge in [-0.2, -0.15) is 0 Å². The lowest BCUT2D eigenvalue weighted by Crippen LogP contribution is -2.54. The van der Waals surface area contributed by atoms with Crippen molar-refractivity contribution in [1.29, 1.82) is 0 Å². The van der Waals surface area contributed by atoms with Gasteiger partial charge in [-0.25, -0.2) is 8.42 Å². The van der Waals surface area contributed by atoms with Gasteiger partial charge in [0.15, 0.2) is 0 Å². The van der Waals surface area contributed by atoms with Gasteiger partial charge in [-0.3, -0.25) is 13.9 Å². The van der Waals surface area contributed by atoms with Crippen LogP contribution in [-0.4, -0.2) is 43.8 Å². The highest BCUT2D eigenvalue weighted by Crippen LogP contribution is 2.28. The average Bonchev–Trinajstić information content (AvgIpc) is 3.02. The molecule has 4 aromatic rings. The number of amides is 2. The number of nitrogens with one attached hydrogen (secondary N) is 1. The third-order valence-electron chi connectivity index (χ3n) is 7.79. The fourth-order valence-electron chi connectivity index (χ4n) is 5.02. The van der Waals surface area contributed by atoms with Gasteiger partial charge in [0.05, 0.1) is 10.6 Å². The van der Waals surface area contributed by atoms with Gasteiger partial charge >= 0.3 is 0 Å². The maximum absolute atomic E-state index is 14.6. The van der Waals surface area contributed by atoms with Crippen LogP contribution in [0.2, 0.25) is 5.02 Å². The molecule has 0 aliphatic carbocycles. The van der Waals surface area contributed by atoms with Gasteiger partial charge in [0.2, 0.25) is 11.8 Å². The van der Waals surface area contributed by atoms with Crippen molar-refractivity contribution in [3.05, 3.63) is 130 Å². The van der Waals surface area contributed by atoms with Crippen molar-refractivity contribution in [1.82, 2.24) is 10.2 Å². The van der Waals surface area contributed by atoms with E-state index in [1.807, 2.05) is 63.2 Å². The molecule has 236 valence electrons. The normalized spacial score (nSPS) is 12.6. The summed E-state index contributed by atoms with van der Waals surface area (Å²) in [6.45, 7) is 7.11. The van der Waals surface area contributed by atoms with Gasteiger partial charge < -0.3 is 10.2 Å². The number of sulfonamides is 1. The topological polar surface area (TPSA) is 86.8 Å². The van der Waals surface area contributed by atoms with Crippen LogP contribution < -0.4 is 9.62 Å². The number of aryl methyl sites for hydroxylation is 2. The Morgan fingerprint density at radius 2 is 1.49 bits per heavy atom. The molecule has 0 radical (unpaired) electrons. The van der Waals surface area contributed by atoms with Crippen LogP contribution in [0.1, 0.15) is 42.5 Å². The number of carbonyl (C=O) groups excluding carboxylic acids is 2. The summed E-state index contributed by atoms with van der Waals surface area (Å²) in [6, 6.07) is 29.1. The SMILES string of the molecule is CCC(C)NC(=O)C(Cc1ccccc1)N(Cc1cccc(Cl)c1)C(=O)CN(c1ccccc1C)S(=O)(=O)c1ccc(C)cc1. The molecule has 0 saturated heterocycles. The monoisotopic (exact) mass is 645 g/mol. The fraction of sp³-hybridized carbons (Fsp3) is 0.278. The minimum absolute atomic E-state index is 0.0526. The van der Waals surface area contributed by atoms with Crippen LogP contribution in [0, 0.1) is 13.8 Å². The summed E-state index contributed by atoms with van der Waals surface area (Å²) in [5.74, 6) is -0.832. The number of rotatable bonds is 13. The zero-order valence-electron chi connectivity index (χ0n) is 26.1. The van der Waals surface area contributed by atoms with Crippen molar-refractivity contribution in [2.45, 2.75) is 64.1 Å². The number of nitrogens with zero attached hydrogens (tertiary/aromatic N) is 2. The fourth-order valence-corrected chi connectivity index (χ4v) is 6.71. The number of para-hydroxylation sites is 1. The highest BCUT2D eigenvalue weighted by atomic mass is 35.5. The van der Waals surface area contributed by atoms with Crippen molar-refractivity contribution in [3.8, 4) is 0 Å². The van der Waals surface area contributed by atoms with E-state index in [0.717, 1.165) is 15.4 Å². The molecule has 2 atom stereocenters. The Bertz CT molecular complexity index is 1710. The second-order valence-corrected chi connectivity index (χ2v) is 13.6. The van der Waals surface area contributed by atoms with E-state index in [9.17, 15) is 18.0 Å². The number of halogens is 1. The Labute approximate surface area is 271 Å². The first kappa shape index (κ1) is 33.7. The van der Waals surface area contributed by atoms with Gasteiger partial charge in [-0.1, -0.05) is 96.9 Å². The van der Waals surface area contributed by atoms with E-state index < -0.39 is 28.5 Å². The second-order valence-electron chi connectivity index (χ2n) is 11.3. The lowest BCUT2D eigenvalue weighted by atomic mass is 10.0. The van der Waals surface area contributed by atoms with Crippen LogP contribution >= 0.6 is 11.6 Å². The largest absolute Gasteiger partial charge is 0.352 e. The molecule has 0 spiro atoms. The van der Waals surface area contributed by atoms with Crippen LogP contribution in [0.4, 0.5) is 5.69 Å². The molecule has 0 aliphatic heterocycles. The molecule has 7 nitrogen and oxygen atoms in total. The summed E-state index contributed by atoms with van der Waals surface area (Å²) in [5.41, 5.74) is 3.58. The molecule has 0 saturated carbocycles. The lowest BCUT2D eigenvalue weighted by Gasteiger charge is -2.34. The second kappa shape index (κ2) is 15.2. The van der Waals surface area contributed by atoms with Crippen LogP contribution in [-0.2, 0) is 32.6 Å². The summed E-state index contributed by atoms with van der Waals surface area (Å²) in [5, 5.41) is 3.54. The summed E-state index contributed by atoms with van der Waals surface area (Å²) in [6.07, 6.45) is 0.951. The molecule has 2 unspecified atom stereocenters. The van der Waals surface area contributed by atoms with Gasteiger partial charge in [-0.15, -0.1) is 0 Å². The molecule has 45 heavy (non-hydrogen) atoms. The van der Waals surface area contributed by atoms with Crippen LogP contribution in [0.15, 0.2) is 108 Å². The molecule has 0 heterocycles. The molecule has 4 rings (SSSR count). The quantitative estimate of drug-likeness (QED) is 0.175. The predicted octanol–water partition coefficient (Wildman–Crippen LogP) is 6.71. The first-order valence-electron chi connectivity index (χ1n) is 15.0. The highest BCUT2D eigenvalue weighted by molar-refractivity contribution is 7.92. The Morgan fingerprint density at radius 1 is 0.844 bits per heavy atom. The minimum atomic E-state index is -4.17. The van der Waals surface area contributed by atoms with E-state index in [-0.39, 0.29) is 29.8 Å². The van der Waals surface area contributed by atoms with E-state index >= 15 is 0 Å². The van der Waals surface area contributed by atoms with E-state index in [1.165, 1.54) is 4.90 Å². The third kappa shape index (κ3) is 8.74. The van der Waals surface area contributed by atoms with Gasteiger partial charge in [-0.05, 0) is 74.2 Å². The van der Waals surface area contributed by atoms with E-state index in [1.54, 1.807) is 67.6 Å². The van der Waals surface area contributed by atoms with E-state index in [2.05, 4.69) is 5.32 Å². The van der Waals surface area contributed by atoms with Crippen molar-refractivity contribution in [2.75, 3.05) is 10.8 Å². The maximum Gasteiger partial charge on any atom is 0.264 e. The Balaban J connectivity index is 1.82. The molecular weight excluding hydrogens is 606 g/mol. The molecule has 0 aliphatic rings. The molecule has 1 N–H and O–H groups in total. The zero-order valence-corrected chi connectivity index (χ0v) is 27.7. The maximum atomic E-state index is 14.6. The number of benzene rings is 4. The molecule has 0 bridgehead atoms. The average molecular weight is 646 g/mol. The summed E-state index contributed by atoms with van der Waals surface area (Å²) in [4.78, 5) is 30.0. The van der Waals surface area contributed by atoms with Crippen molar-refractivity contribution in [3.63, 3.8) is 0 Å². The Hall–Kier alpha value is -4.14. The molecule has 9 heteroatoms. The van der Waals surface area contributed by atoms with Crippen LogP contribution in [0.25, 0.3) is 0 Å².